The van der Waals surface area contributed by atoms with E-state index in [0.717, 1.165) is 11.8 Å². The van der Waals surface area contributed by atoms with E-state index in [-0.39, 0.29) is 18.3 Å². The number of nitrogens with zero attached hydrogens (tertiary/aromatic N) is 3. The first-order chi connectivity index (χ1) is 15.9. The van der Waals surface area contributed by atoms with Crippen molar-refractivity contribution in [3.63, 3.8) is 0 Å². The van der Waals surface area contributed by atoms with E-state index in [2.05, 4.69) is 29.4 Å². The van der Waals surface area contributed by atoms with E-state index >= 15 is 0 Å². The van der Waals surface area contributed by atoms with Gasteiger partial charge in [-0.05, 0) is 23.6 Å². The van der Waals surface area contributed by atoms with E-state index in [0.29, 0.717) is 58.1 Å². The SMILES string of the molecule is CC(C)c1ccc(OCc2nnc(SCC(=O)Nc3cc4c(cc3Cl)OCCO4)n2N)cc1. The number of hydrogen-bond donors (Lipinski definition) is 2. The van der Waals surface area contributed by atoms with E-state index in [1.165, 1.54) is 10.2 Å². The number of nitrogen functional groups attached to an aromatic ring is 1. The van der Waals surface area contributed by atoms with Gasteiger partial charge in [0.15, 0.2) is 17.3 Å². The number of halogens is 1. The topological polar surface area (TPSA) is 114 Å². The Morgan fingerprint density at radius 2 is 1.91 bits per heavy atom. The Bertz CT molecular complexity index is 1140. The molecule has 1 aromatic heterocycles. The summed E-state index contributed by atoms with van der Waals surface area (Å²) in [5.41, 5.74) is 1.68. The summed E-state index contributed by atoms with van der Waals surface area (Å²) in [7, 11) is 0. The average Bonchev–Trinajstić information content (AvgIpc) is 3.16. The van der Waals surface area contributed by atoms with Crippen molar-refractivity contribution in [1.29, 1.82) is 0 Å². The molecule has 1 aliphatic rings. The molecule has 2 heterocycles. The summed E-state index contributed by atoms with van der Waals surface area (Å²) in [5, 5.41) is 11.6. The third-order valence-corrected chi connectivity index (χ3v) is 6.14. The summed E-state index contributed by atoms with van der Waals surface area (Å²) < 4.78 is 18.1. The van der Waals surface area contributed by atoms with Crippen LogP contribution >= 0.6 is 23.4 Å². The number of fused-ring (bicyclic) bond motifs is 1. The molecule has 1 amide bonds. The van der Waals surface area contributed by atoms with Crippen LogP contribution in [0.15, 0.2) is 41.6 Å². The minimum Gasteiger partial charge on any atom is -0.486 e. The minimum absolute atomic E-state index is 0.0671. The Hall–Kier alpha value is -3.11. The van der Waals surface area contributed by atoms with Gasteiger partial charge >= 0.3 is 0 Å². The third-order valence-electron chi connectivity index (χ3n) is 4.89. The molecule has 9 nitrogen and oxygen atoms in total. The fraction of sp³-hybridized carbons (Fsp3) is 0.318. The number of aromatic nitrogens is 3. The molecule has 0 radical (unpaired) electrons. The lowest BCUT2D eigenvalue weighted by atomic mass is 10.0. The fourth-order valence-corrected chi connectivity index (χ4v) is 3.95. The van der Waals surface area contributed by atoms with Crippen LogP contribution in [0.1, 0.15) is 31.2 Å². The van der Waals surface area contributed by atoms with Gasteiger partial charge in [-0.3, -0.25) is 4.79 Å². The van der Waals surface area contributed by atoms with E-state index in [9.17, 15) is 4.79 Å². The van der Waals surface area contributed by atoms with Gasteiger partial charge in [-0.25, -0.2) is 4.68 Å². The van der Waals surface area contributed by atoms with Crippen LogP contribution in [0, 0.1) is 0 Å². The van der Waals surface area contributed by atoms with Crippen LogP contribution < -0.4 is 25.4 Å². The Labute approximate surface area is 200 Å². The highest BCUT2D eigenvalue weighted by Crippen LogP contribution is 2.38. The lowest BCUT2D eigenvalue weighted by Gasteiger charge is -2.20. The molecule has 11 heteroatoms. The summed E-state index contributed by atoms with van der Waals surface area (Å²) >= 11 is 7.40. The number of rotatable bonds is 8. The second-order valence-electron chi connectivity index (χ2n) is 7.59. The van der Waals surface area contributed by atoms with Crippen molar-refractivity contribution in [3.05, 3.63) is 52.8 Å². The zero-order valence-electron chi connectivity index (χ0n) is 18.2. The van der Waals surface area contributed by atoms with Gasteiger partial charge in [0.1, 0.15) is 25.6 Å². The summed E-state index contributed by atoms with van der Waals surface area (Å²) in [6, 6.07) is 11.2. The van der Waals surface area contributed by atoms with E-state index < -0.39 is 0 Å². The summed E-state index contributed by atoms with van der Waals surface area (Å²) in [4.78, 5) is 12.4. The molecule has 33 heavy (non-hydrogen) atoms. The molecule has 2 aromatic carbocycles. The highest BCUT2D eigenvalue weighted by Gasteiger charge is 2.18. The standard InChI is InChI=1S/C22H24ClN5O4S/c1-13(2)14-3-5-15(6-4-14)32-11-20-26-27-22(28(20)24)33-12-21(29)25-17-10-19-18(9-16(17)23)30-7-8-31-19/h3-6,9-10,13H,7-8,11-12,24H2,1-2H3,(H,25,29). The lowest BCUT2D eigenvalue weighted by molar-refractivity contribution is -0.113. The molecule has 0 atom stereocenters. The molecule has 3 N–H and O–H groups in total. The maximum absolute atomic E-state index is 12.4. The fourth-order valence-electron chi connectivity index (χ4n) is 3.08. The number of ether oxygens (including phenoxy) is 3. The molecule has 174 valence electrons. The maximum atomic E-state index is 12.4. The number of nitrogens with one attached hydrogen (secondary N) is 1. The first-order valence-electron chi connectivity index (χ1n) is 10.3. The second kappa shape index (κ2) is 10.2. The van der Waals surface area contributed by atoms with Crippen LogP contribution in [0.3, 0.4) is 0 Å². The number of nitrogens with two attached hydrogens (primary N) is 1. The zero-order chi connectivity index (χ0) is 23.4. The van der Waals surface area contributed by atoms with Crippen molar-refractivity contribution in [2.45, 2.75) is 31.5 Å². The predicted octanol–water partition coefficient (Wildman–Crippen LogP) is 3.85. The van der Waals surface area contributed by atoms with Crippen LogP contribution in [-0.2, 0) is 11.4 Å². The number of anilines is 1. The highest BCUT2D eigenvalue weighted by atomic mass is 35.5. The van der Waals surface area contributed by atoms with Gasteiger partial charge in [-0.2, -0.15) is 0 Å². The smallest absolute Gasteiger partial charge is 0.234 e. The van der Waals surface area contributed by atoms with Crippen LogP contribution in [-0.4, -0.2) is 39.7 Å². The molecule has 0 spiro atoms. The van der Waals surface area contributed by atoms with Crippen molar-refractivity contribution in [2.75, 3.05) is 30.1 Å². The molecule has 4 rings (SSSR count). The van der Waals surface area contributed by atoms with Crippen LogP contribution in [0.25, 0.3) is 0 Å². The predicted molar refractivity (Wildman–Crippen MR) is 127 cm³/mol. The van der Waals surface area contributed by atoms with Crippen molar-refractivity contribution in [1.82, 2.24) is 14.9 Å². The molecule has 0 bridgehead atoms. The van der Waals surface area contributed by atoms with Crippen molar-refractivity contribution in [2.24, 2.45) is 0 Å². The molecular formula is C22H24ClN5O4S. The first-order valence-corrected chi connectivity index (χ1v) is 11.7. The summed E-state index contributed by atoms with van der Waals surface area (Å²) in [5.74, 6) is 8.58. The van der Waals surface area contributed by atoms with E-state index in [1.54, 1.807) is 12.1 Å². The van der Waals surface area contributed by atoms with Crippen molar-refractivity contribution >= 4 is 35.0 Å². The van der Waals surface area contributed by atoms with Crippen molar-refractivity contribution in [3.8, 4) is 17.2 Å². The number of benzene rings is 2. The maximum Gasteiger partial charge on any atom is 0.234 e. The van der Waals surface area contributed by atoms with Gasteiger partial charge in [-0.15, -0.1) is 10.2 Å². The first kappa shape index (κ1) is 23.1. The van der Waals surface area contributed by atoms with Crippen LogP contribution in [0.5, 0.6) is 17.2 Å². The summed E-state index contributed by atoms with van der Waals surface area (Å²) in [6.07, 6.45) is 0. The molecule has 0 aliphatic carbocycles. The monoisotopic (exact) mass is 489 g/mol. The van der Waals surface area contributed by atoms with E-state index in [4.69, 9.17) is 31.7 Å². The average molecular weight is 490 g/mol. The molecule has 3 aromatic rings. The Morgan fingerprint density at radius 1 is 1.21 bits per heavy atom. The largest absolute Gasteiger partial charge is 0.486 e. The minimum atomic E-state index is -0.273. The zero-order valence-corrected chi connectivity index (χ0v) is 19.8. The number of carbonyl (C=O) groups excluding carboxylic acids is 1. The molecule has 0 unspecified atom stereocenters. The number of thioether (sulfide) groups is 1. The van der Waals surface area contributed by atoms with Gasteiger partial charge in [0.05, 0.1) is 16.5 Å². The van der Waals surface area contributed by atoms with E-state index in [1.807, 2.05) is 24.3 Å². The van der Waals surface area contributed by atoms with Crippen LogP contribution in [0.4, 0.5) is 5.69 Å². The lowest BCUT2D eigenvalue weighted by Crippen LogP contribution is -2.19. The number of hydrogen-bond acceptors (Lipinski definition) is 8. The second-order valence-corrected chi connectivity index (χ2v) is 8.94. The Kier molecular flexibility index (Phi) is 7.14. The van der Waals surface area contributed by atoms with Gasteiger partial charge in [0.25, 0.3) is 0 Å². The summed E-state index contributed by atoms with van der Waals surface area (Å²) in [6.45, 7) is 5.33. The van der Waals surface area contributed by atoms with Gasteiger partial charge < -0.3 is 25.4 Å². The van der Waals surface area contributed by atoms with Crippen molar-refractivity contribution < 1.29 is 19.0 Å². The van der Waals surface area contributed by atoms with Gasteiger partial charge in [-0.1, -0.05) is 49.3 Å². The van der Waals surface area contributed by atoms with Gasteiger partial charge in [0, 0.05) is 12.1 Å². The molecule has 0 saturated carbocycles. The molecule has 0 saturated heterocycles. The van der Waals surface area contributed by atoms with Gasteiger partial charge in [0.2, 0.25) is 11.1 Å². The molecular weight excluding hydrogens is 466 g/mol. The highest BCUT2D eigenvalue weighted by molar-refractivity contribution is 7.99. The Balaban J connectivity index is 1.30. The number of amides is 1. The quantitative estimate of drug-likeness (QED) is 0.362. The normalized spacial score (nSPS) is 12.6. The third kappa shape index (κ3) is 5.63. The molecule has 1 aliphatic heterocycles. The molecule has 0 fully saturated rings. The van der Waals surface area contributed by atoms with Crippen LogP contribution in [0.2, 0.25) is 5.02 Å². The number of carbonyl (C=O) groups is 1. The Morgan fingerprint density at radius 3 is 2.61 bits per heavy atom.